The summed E-state index contributed by atoms with van der Waals surface area (Å²) in [6.45, 7) is 4.08. The average Bonchev–Trinajstić information content (AvgIpc) is 2.85. The third-order valence-electron chi connectivity index (χ3n) is 6.25. The Morgan fingerprint density at radius 1 is 0.903 bits per heavy atom. The largest absolute Gasteiger partial charge is 0.340 e. The van der Waals surface area contributed by atoms with Gasteiger partial charge in [0.15, 0.2) is 0 Å². The summed E-state index contributed by atoms with van der Waals surface area (Å²) in [7, 11) is 0. The van der Waals surface area contributed by atoms with Gasteiger partial charge in [-0.1, -0.05) is 30.3 Å². The Hall–Kier alpha value is -2.96. The second-order valence-electron chi connectivity index (χ2n) is 8.38. The van der Waals surface area contributed by atoms with Gasteiger partial charge >= 0.3 is 0 Å². The van der Waals surface area contributed by atoms with Crippen molar-refractivity contribution in [1.82, 2.24) is 19.8 Å². The molecule has 2 aliphatic heterocycles. The van der Waals surface area contributed by atoms with Gasteiger partial charge in [-0.05, 0) is 37.3 Å². The smallest absolute Gasteiger partial charge is 0.227 e. The van der Waals surface area contributed by atoms with Gasteiger partial charge in [0, 0.05) is 58.1 Å². The van der Waals surface area contributed by atoms with Crippen LogP contribution in [0.2, 0.25) is 0 Å². The van der Waals surface area contributed by atoms with Gasteiger partial charge in [-0.3, -0.25) is 9.59 Å². The number of benzene rings is 1. The third-order valence-corrected chi connectivity index (χ3v) is 6.25. The maximum Gasteiger partial charge on any atom is 0.227 e. The minimum atomic E-state index is -0.0225. The summed E-state index contributed by atoms with van der Waals surface area (Å²) in [5.41, 5.74) is 1.27. The van der Waals surface area contributed by atoms with Crippen LogP contribution in [0, 0.1) is 5.92 Å². The van der Waals surface area contributed by atoms with E-state index in [-0.39, 0.29) is 17.7 Å². The SMILES string of the molecule is O=C(CCCc1ccccc1)N1CCN(C(=O)C2CCCN(c3ncccn3)C2)CC1. The molecule has 0 saturated carbocycles. The van der Waals surface area contributed by atoms with Crippen LogP contribution in [0.25, 0.3) is 0 Å². The number of piperidine rings is 1. The lowest BCUT2D eigenvalue weighted by atomic mass is 9.96. The van der Waals surface area contributed by atoms with Crippen LogP contribution in [0.4, 0.5) is 5.95 Å². The molecular weight excluding hydrogens is 390 g/mol. The lowest BCUT2D eigenvalue weighted by Crippen LogP contribution is -2.53. The molecule has 0 bridgehead atoms. The number of carbonyl (C=O) groups excluding carboxylic acids is 2. The van der Waals surface area contributed by atoms with Crippen LogP contribution < -0.4 is 4.90 Å². The number of carbonyl (C=O) groups is 2. The van der Waals surface area contributed by atoms with Gasteiger partial charge in [0.2, 0.25) is 17.8 Å². The van der Waals surface area contributed by atoms with Gasteiger partial charge < -0.3 is 14.7 Å². The Kier molecular flexibility index (Phi) is 7.12. The first-order valence-electron chi connectivity index (χ1n) is 11.3. The molecule has 1 aromatic heterocycles. The van der Waals surface area contributed by atoms with E-state index in [1.165, 1.54) is 5.56 Å². The number of aryl methyl sites for hydroxylation is 1. The lowest BCUT2D eigenvalue weighted by molar-refractivity contribution is -0.142. The monoisotopic (exact) mass is 421 g/mol. The molecule has 31 heavy (non-hydrogen) atoms. The van der Waals surface area contributed by atoms with Crippen LogP contribution in [0.3, 0.4) is 0 Å². The first-order valence-corrected chi connectivity index (χ1v) is 11.3. The minimum Gasteiger partial charge on any atom is -0.340 e. The molecule has 2 aromatic rings. The second-order valence-corrected chi connectivity index (χ2v) is 8.38. The molecule has 7 nitrogen and oxygen atoms in total. The standard InChI is InChI=1S/C24H31N5O2/c30-22(11-4-9-20-7-2-1-3-8-20)27-15-17-28(18-16-27)23(31)21-10-5-14-29(19-21)24-25-12-6-13-26-24/h1-3,6-8,12-13,21H,4-5,9-11,14-19H2. The van der Waals surface area contributed by atoms with E-state index in [1.54, 1.807) is 18.5 Å². The highest BCUT2D eigenvalue weighted by atomic mass is 16.2. The normalized spacial score (nSPS) is 19.4. The summed E-state index contributed by atoms with van der Waals surface area (Å²) in [6, 6.07) is 12.1. The van der Waals surface area contributed by atoms with Crippen LogP contribution in [-0.2, 0) is 16.0 Å². The fourth-order valence-corrected chi connectivity index (χ4v) is 4.50. The van der Waals surface area contributed by atoms with Crippen molar-refractivity contribution in [3.05, 3.63) is 54.4 Å². The maximum atomic E-state index is 13.1. The van der Waals surface area contributed by atoms with E-state index in [9.17, 15) is 9.59 Å². The van der Waals surface area contributed by atoms with Gasteiger partial charge in [-0.25, -0.2) is 9.97 Å². The highest BCUT2D eigenvalue weighted by molar-refractivity contribution is 5.80. The summed E-state index contributed by atoms with van der Waals surface area (Å²) in [4.78, 5) is 40.3. The number of anilines is 1. The number of rotatable bonds is 6. The van der Waals surface area contributed by atoms with Crippen molar-refractivity contribution in [2.75, 3.05) is 44.2 Å². The Morgan fingerprint density at radius 3 is 2.35 bits per heavy atom. The van der Waals surface area contributed by atoms with Crippen molar-refractivity contribution in [3.63, 3.8) is 0 Å². The Morgan fingerprint density at radius 2 is 1.61 bits per heavy atom. The molecule has 164 valence electrons. The highest BCUT2D eigenvalue weighted by Gasteiger charge is 2.32. The summed E-state index contributed by atoms with van der Waals surface area (Å²) in [5, 5.41) is 0. The molecule has 7 heteroatoms. The topological polar surface area (TPSA) is 69.6 Å². The predicted octanol–water partition coefficient (Wildman–Crippen LogP) is 2.39. The summed E-state index contributed by atoms with van der Waals surface area (Å²) in [5.74, 6) is 1.08. The molecule has 0 spiro atoms. The number of aromatic nitrogens is 2. The molecule has 0 N–H and O–H groups in total. The molecule has 0 radical (unpaired) electrons. The summed E-state index contributed by atoms with van der Waals surface area (Å²) < 4.78 is 0. The second kappa shape index (κ2) is 10.4. The molecule has 4 rings (SSSR count). The zero-order valence-electron chi connectivity index (χ0n) is 18.0. The van der Waals surface area contributed by atoms with Gasteiger partial charge in [-0.15, -0.1) is 0 Å². The average molecular weight is 422 g/mol. The van der Waals surface area contributed by atoms with Crippen molar-refractivity contribution in [1.29, 1.82) is 0 Å². The Bertz CT molecular complexity index is 853. The molecular formula is C24H31N5O2. The number of amides is 2. The molecule has 1 aromatic carbocycles. The Labute approximate surface area is 184 Å². The quantitative estimate of drug-likeness (QED) is 0.716. The third kappa shape index (κ3) is 5.60. The predicted molar refractivity (Wildman–Crippen MR) is 120 cm³/mol. The van der Waals surface area contributed by atoms with Crippen molar-refractivity contribution < 1.29 is 9.59 Å². The van der Waals surface area contributed by atoms with Gasteiger partial charge in [-0.2, -0.15) is 0 Å². The van der Waals surface area contributed by atoms with Crippen LogP contribution in [-0.4, -0.2) is 70.9 Å². The highest BCUT2D eigenvalue weighted by Crippen LogP contribution is 2.22. The fourth-order valence-electron chi connectivity index (χ4n) is 4.50. The van der Waals surface area contributed by atoms with E-state index in [0.717, 1.165) is 32.2 Å². The summed E-state index contributed by atoms with van der Waals surface area (Å²) >= 11 is 0. The van der Waals surface area contributed by atoms with Gasteiger partial charge in [0.1, 0.15) is 0 Å². The minimum absolute atomic E-state index is 0.0225. The van der Waals surface area contributed by atoms with Crippen molar-refractivity contribution in [2.45, 2.75) is 32.1 Å². The van der Waals surface area contributed by atoms with E-state index < -0.39 is 0 Å². The zero-order chi connectivity index (χ0) is 21.5. The van der Waals surface area contributed by atoms with Crippen LogP contribution in [0.1, 0.15) is 31.2 Å². The van der Waals surface area contributed by atoms with Crippen molar-refractivity contribution in [2.24, 2.45) is 5.92 Å². The zero-order valence-corrected chi connectivity index (χ0v) is 18.0. The Balaban J connectivity index is 1.21. The van der Waals surface area contributed by atoms with E-state index in [4.69, 9.17) is 0 Å². The summed E-state index contributed by atoms with van der Waals surface area (Å²) in [6.07, 6.45) is 7.70. The first kappa shape index (κ1) is 21.3. The van der Waals surface area contributed by atoms with Crippen LogP contribution >= 0.6 is 0 Å². The number of hydrogen-bond acceptors (Lipinski definition) is 5. The first-order chi connectivity index (χ1) is 15.2. The molecule has 2 saturated heterocycles. The van der Waals surface area contributed by atoms with Crippen LogP contribution in [0.15, 0.2) is 48.8 Å². The van der Waals surface area contributed by atoms with E-state index in [1.807, 2.05) is 28.0 Å². The molecule has 2 aliphatic rings. The number of piperazine rings is 1. The van der Waals surface area contributed by atoms with E-state index in [0.29, 0.717) is 45.1 Å². The van der Waals surface area contributed by atoms with E-state index in [2.05, 4.69) is 27.0 Å². The molecule has 1 unspecified atom stereocenters. The lowest BCUT2D eigenvalue weighted by Gasteiger charge is -2.39. The fraction of sp³-hybridized carbons (Fsp3) is 0.500. The molecule has 2 amide bonds. The van der Waals surface area contributed by atoms with Gasteiger partial charge in [0.25, 0.3) is 0 Å². The molecule has 3 heterocycles. The molecule has 0 aliphatic carbocycles. The molecule has 2 fully saturated rings. The van der Waals surface area contributed by atoms with E-state index >= 15 is 0 Å². The van der Waals surface area contributed by atoms with Crippen molar-refractivity contribution >= 4 is 17.8 Å². The van der Waals surface area contributed by atoms with Crippen LogP contribution in [0.5, 0.6) is 0 Å². The molecule has 1 atom stereocenters. The number of nitrogens with zero attached hydrogens (tertiary/aromatic N) is 5. The van der Waals surface area contributed by atoms with Crippen molar-refractivity contribution in [3.8, 4) is 0 Å². The maximum absolute atomic E-state index is 13.1. The van der Waals surface area contributed by atoms with Gasteiger partial charge in [0.05, 0.1) is 5.92 Å². The number of hydrogen-bond donors (Lipinski definition) is 0.